The second-order valence-electron chi connectivity index (χ2n) is 7.63. The van der Waals surface area contributed by atoms with E-state index < -0.39 is 35.6 Å². The number of carbonyl (C=O) groups excluding carboxylic acids is 3. The van der Waals surface area contributed by atoms with E-state index in [1.165, 1.54) is 17.1 Å². The molecule has 2 aromatic carbocycles. The molecule has 0 saturated carbocycles. The van der Waals surface area contributed by atoms with E-state index in [1.54, 1.807) is 12.1 Å². The smallest absolute Gasteiger partial charge is 0.263 e. The van der Waals surface area contributed by atoms with Gasteiger partial charge in [-0.2, -0.15) is 5.11 Å². The van der Waals surface area contributed by atoms with E-state index in [1.807, 2.05) is 12.1 Å². The summed E-state index contributed by atoms with van der Waals surface area (Å²) in [5.41, 5.74) is 1.89. The van der Waals surface area contributed by atoms with Crippen molar-refractivity contribution in [2.75, 3.05) is 16.8 Å². The van der Waals surface area contributed by atoms with E-state index in [9.17, 15) is 18.8 Å². The van der Waals surface area contributed by atoms with Crippen LogP contribution in [0.2, 0.25) is 5.02 Å². The molecule has 0 aliphatic carbocycles. The molecule has 0 unspecified atom stereocenters. The zero-order chi connectivity index (χ0) is 22.3. The standard InChI is InChI=1S/C21H19ClFN5O3/c1-11(2)12-3-5-13(6-4-12)24-17(29)10-27-19-18(25-26-27)20(30)28(21(19)31)14-7-8-16(23)15(22)9-14/h3-9,11,18-19H,10H2,1-2H3,(H,24,29)/t18-,19+/m0/s1. The molecule has 0 aromatic heterocycles. The van der Waals surface area contributed by atoms with Gasteiger partial charge in [0.05, 0.1) is 10.7 Å². The molecule has 10 heteroatoms. The van der Waals surface area contributed by atoms with E-state index >= 15 is 0 Å². The number of rotatable bonds is 5. The predicted octanol–water partition coefficient (Wildman–Crippen LogP) is 3.53. The first-order valence-electron chi connectivity index (χ1n) is 9.66. The van der Waals surface area contributed by atoms with Gasteiger partial charge in [0, 0.05) is 5.69 Å². The number of anilines is 2. The number of halogens is 2. The van der Waals surface area contributed by atoms with Gasteiger partial charge in [-0.05, 0) is 41.8 Å². The minimum absolute atomic E-state index is 0.139. The third kappa shape index (κ3) is 3.88. The Labute approximate surface area is 182 Å². The van der Waals surface area contributed by atoms with Crippen LogP contribution < -0.4 is 10.2 Å². The van der Waals surface area contributed by atoms with Crippen LogP contribution in [-0.2, 0) is 14.4 Å². The average molecular weight is 444 g/mol. The molecule has 8 nitrogen and oxygen atoms in total. The van der Waals surface area contributed by atoms with Crippen LogP contribution in [0.25, 0.3) is 0 Å². The van der Waals surface area contributed by atoms with E-state index in [2.05, 4.69) is 29.5 Å². The molecule has 4 rings (SSSR count). The van der Waals surface area contributed by atoms with Crippen molar-refractivity contribution in [3.8, 4) is 0 Å². The summed E-state index contributed by atoms with van der Waals surface area (Å²) < 4.78 is 13.5. The number of imide groups is 1. The lowest BCUT2D eigenvalue weighted by Gasteiger charge is -2.20. The molecule has 160 valence electrons. The summed E-state index contributed by atoms with van der Waals surface area (Å²) in [5.74, 6) is -1.90. The molecule has 2 aromatic rings. The molecule has 1 N–H and O–H groups in total. The van der Waals surface area contributed by atoms with Crippen LogP contribution in [-0.4, -0.2) is 41.4 Å². The fourth-order valence-corrected chi connectivity index (χ4v) is 3.71. The summed E-state index contributed by atoms with van der Waals surface area (Å²) in [7, 11) is 0. The lowest BCUT2D eigenvalue weighted by atomic mass is 10.0. The van der Waals surface area contributed by atoms with Crippen molar-refractivity contribution >= 4 is 40.7 Å². The molecule has 0 spiro atoms. The highest BCUT2D eigenvalue weighted by Gasteiger charge is 2.55. The Morgan fingerprint density at radius 3 is 2.52 bits per heavy atom. The summed E-state index contributed by atoms with van der Waals surface area (Å²) in [6.45, 7) is 3.89. The van der Waals surface area contributed by atoms with E-state index in [-0.39, 0.29) is 17.3 Å². The molecule has 0 bridgehead atoms. The zero-order valence-corrected chi connectivity index (χ0v) is 17.5. The number of carbonyl (C=O) groups is 3. The maximum atomic E-state index is 13.5. The number of amides is 3. The SMILES string of the molecule is CC(C)c1ccc(NC(=O)CN2N=N[C@@H]3C(=O)N(c4ccc(F)c(Cl)c4)C(=O)[C@@H]32)cc1. The molecule has 2 heterocycles. The molecule has 1 fully saturated rings. The summed E-state index contributed by atoms with van der Waals surface area (Å²) in [6, 6.07) is 8.91. The molecule has 1 saturated heterocycles. The van der Waals surface area contributed by atoms with Gasteiger partial charge >= 0.3 is 0 Å². The quantitative estimate of drug-likeness (QED) is 0.715. The highest BCUT2D eigenvalue weighted by molar-refractivity contribution is 6.32. The van der Waals surface area contributed by atoms with Crippen LogP contribution >= 0.6 is 11.6 Å². The third-order valence-electron chi connectivity index (χ3n) is 5.19. The second-order valence-corrected chi connectivity index (χ2v) is 8.03. The van der Waals surface area contributed by atoms with Gasteiger partial charge in [-0.1, -0.05) is 42.8 Å². The number of fused-ring (bicyclic) bond motifs is 1. The van der Waals surface area contributed by atoms with E-state index in [0.29, 0.717) is 11.6 Å². The predicted molar refractivity (Wildman–Crippen MR) is 112 cm³/mol. The van der Waals surface area contributed by atoms with Crippen LogP contribution in [0.1, 0.15) is 25.3 Å². The lowest BCUT2D eigenvalue weighted by Crippen LogP contribution is -2.43. The molecule has 2 aliphatic rings. The number of hydrogen-bond donors (Lipinski definition) is 1. The number of nitrogens with one attached hydrogen (secondary N) is 1. The fourth-order valence-electron chi connectivity index (χ4n) is 3.53. The Morgan fingerprint density at radius 1 is 1.16 bits per heavy atom. The van der Waals surface area contributed by atoms with Gasteiger partial charge in [0.2, 0.25) is 5.91 Å². The summed E-state index contributed by atoms with van der Waals surface area (Å²) >= 11 is 5.78. The van der Waals surface area contributed by atoms with Crippen LogP contribution in [0, 0.1) is 5.82 Å². The summed E-state index contributed by atoms with van der Waals surface area (Å²) in [5, 5.41) is 11.4. The highest BCUT2D eigenvalue weighted by atomic mass is 35.5. The zero-order valence-electron chi connectivity index (χ0n) is 16.8. The van der Waals surface area contributed by atoms with Gasteiger partial charge in [-0.25, -0.2) is 9.29 Å². The van der Waals surface area contributed by atoms with Gasteiger partial charge in [0.1, 0.15) is 12.4 Å². The first kappa shape index (κ1) is 20.9. The summed E-state index contributed by atoms with van der Waals surface area (Å²) in [4.78, 5) is 39.0. The largest absolute Gasteiger partial charge is 0.324 e. The first-order chi connectivity index (χ1) is 14.8. The van der Waals surface area contributed by atoms with Gasteiger partial charge < -0.3 is 5.32 Å². The van der Waals surface area contributed by atoms with Crippen LogP contribution in [0.15, 0.2) is 52.8 Å². The number of nitrogens with zero attached hydrogens (tertiary/aromatic N) is 4. The molecule has 2 aliphatic heterocycles. The van der Waals surface area contributed by atoms with Crippen molar-refractivity contribution in [2.24, 2.45) is 10.3 Å². The van der Waals surface area contributed by atoms with Crippen LogP contribution in [0.3, 0.4) is 0 Å². The van der Waals surface area contributed by atoms with Crippen molar-refractivity contribution < 1.29 is 18.8 Å². The summed E-state index contributed by atoms with van der Waals surface area (Å²) in [6.07, 6.45) is 0. The fraction of sp³-hybridized carbons (Fsp3) is 0.286. The van der Waals surface area contributed by atoms with Crippen molar-refractivity contribution in [3.05, 3.63) is 58.9 Å². The Hall–Kier alpha value is -3.33. The van der Waals surface area contributed by atoms with Gasteiger partial charge in [0.15, 0.2) is 12.1 Å². The monoisotopic (exact) mass is 443 g/mol. The Kier molecular flexibility index (Phi) is 5.45. The lowest BCUT2D eigenvalue weighted by molar-refractivity contribution is -0.123. The molecular formula is C21H19ClFN5O3. The third-order valence-corrected chi connectivity index (χ3v) is 5.48. The average Bonchev–Trinajstić information content (AvgIpc) is 3.24. The Balaban J connectivity index is 1.46. The first-order valence-corrected chi connectivity index (χ1v) is 10.0. The maximum absolute atomic E-state index is 13.5. The highest BCUT2D eigenvalue weighted by Crippen LogP contribution is 2.33. The topological polar surface area (TPSA) is 94.4 Å². The number of hydrogen-bond acceptors (Lipinski definition) is 6. The van der Waals surface area contributed by atoms with Gasteiger partial charge in [-0.15, -0.1) is 0 Å². The minimum Gasteiger partial charge on any atom is -0.324 e. The van der Waals surface area contributed by atoms with Crippen molar-refractivity contribution in [3.63, 3.8) is 0 Å². The minimum atomic E-state index is -1.06. The molecular weight excluding hydrogens is 425 g/mol. The van der Waals surface area contributed by atoms with Crippen molar-refractivity contribution in [1.29, 1.82) is 0 Å². The Bertz CT molecular complexity index is 1090. The van der Waals surface area contributed by atoms with Gasteiger partial charge in [0.25, 0.3) is 11.8 Å². The molecule has 3 amide bonds. The van der Waals surface area contributed by atoms with Crippen molar-refractivity contribution in [1.82, 2.24) is 5.01 Å². The van der Waals surface area contributed by atoms with Crippen LogP contribution in [0.4, 0.5) is 15.8 Å². The number of benzene rings is 2. The van der Waals surface area contributed by atoms with Crippen molar-refractivity contribution in [2.45, 2.75) is 31.8 Å². The van der Waals surface area contributed by atoms with Crippen LogP contribution in [0.5, 0.6) is 0 Å². The van der Waals surface area contributed by atoms with E-state index in [0.717, 1.165) is 16.5 Å². The van der Waals surface area contributed by atoms with Gasteiger partial charge in [-0.3, -0.25) is 19.4 Å². The molecule has 2 atom stereocenters. The molecule has 31 heavy (non-hydrogen) atoms. The second kappa shape index (κ2) is 8.07. The normalized spacial score (nSPS) is 20.0. The maximum Gasteiger partial charge on any atom is 0.263 e. The molecule has 0 radical (unpaired) electrons. The Morgan fingerprint density at radius 2 is 1.87 bits per heavy atom. The van der Waals surface area contributed by atoms with E-state index in [4.69, 9.17) is 11.6 Å².